The Labute approximate surface area is 129 Å². The van der Waals surface area contributed by atoms with E-state index in [-0.39, 0.29) is 5.41 Å². The predicted octanol–water partition coefficient (Wildman–Crippen LogP) is 4.40. The SMILES string of the molecule is Cc1ccc(NCc2cn(C)nc2C(C)(C)C)cc1Br. The Kier molecular flexibility index (Phi) is 4.23. The summed E-state index contributed by atoms with van der Waals surface area (Å²) in [5, 5.41) is 8.06. The van der Waals surface area contributed by atoms with Crippen molar-refractivity contribution in [3.8, 4) is 0 Å². The summed E-state index contributed by atoms with van der Waals surface area (Å²) >= 11 is 3.57. The molecule has 2 rings (SSSR count). The van der Waals surface area contributed by atoms with Crippen LogP contribution in [0.5, 0.6) is 0 Å². The molecule has 0 radical (unpaired) electrons. The number of hydrogen-bond donors (Lipinski definition) is 1. The molecule has 0 saturated heterocycles. The molecule has 0 spiro atoms. The lowest BCUT2D eigenvalue weighted by Crippen LogP contribution is -2.16. The minimum absolute atomic E-state index is 0.0616. The number of nitrogens with zero attached hydrogens (tertiary/aromatic N) is 2. The Hall–Kier alpha value is -1.29. The fourth-order valence-electron chi connectivity index (χ4n) is 2.20. The normalized spacial score (nSPS) is 11.7. The Bertz CT molecular complexity index is 609. The molecule has 0 aliphatic rings. The van der Waals surface area contributed by atoms with Crippen LogP contribution in [0.25, 0.3) is 0 Å². The third-order valence-corrected chi connectivity index (χ3v) is 4.12. The zero-order valence-corrected chi connectivity index (χ0v) is 14.4. The maximum Gasteiger partial charge on any atom is 0.0727 e. The molecule has 0 bridgehead atoms. The molecule has 0 atom stereocenters. The first-order valence-corrected chi connectivity index (χ1v) is 7.59. The van der Waals surface area contributed by atoms with Gasteiger partial charge in [0.05, 0.1) is 5.69 Å². The van der Waals surface area contributed by atoms with Gasteiger partial charge >= 0.3 is 0 Å². The number of aryl methyl sites for hydroxylation is 2. The Morgan fingerprint density at radius 1 is 1.30 bits per heavy atom. The highest BCUT2D eigenvalue weighted by atomic mass is 79.9. The van der Waals surface area contributed by atoms with Crippen molar-refractivity contribution in [2.24, 2.45) is 7.05 Å². The van der Waals surface area contributed by atoms with E-state index in [4.69, 9.17) is 0 Å². The Balaban J connectivity index is 2.17. The summed E-state index contributed by atoms with van der Waals surface area (Å²) in [6, 6.07) is 6.33. The average Bonchev–Trinajstić information content (AvgIpc) is 2.72. The van der Waals surface area contributed by atoms with Crippen LogP contribution in [0.15, 0.2) is 28.9 Å². The van der Waals surface area contributed by atoms with E-state index >= 15 is 0 Å². The molecule has 2 aromatic rings. The van der Waals surface area contributed by atoms with Crippen LogP contribution < -0.4 is 5.32 Å². The molecule has 20 heavy (non-hydrogen) atoms. The van der Waals surface area contributed by atoms with Gasteiger partial charge in [0, 0.05) is 40.9 Å². The van der Waals surface area contributed by atoms with Gasteiger partial charge in [-0.2, -0.15) is 5.10 Å². The number of aromatic nitrogens is 2. The first-order valence-electron chi connectivity index (χ1n) is 6.80. The lowest BCUT2D eigenvalue weighted by atomic mass is 9.89. The summed E-state index contributed by atoms with van der Waals surface area (Å²) in [6.45, 7) is 9.46. The number of rotatable bonds is 3. The van der Waals surface area contributed by atoms with Crippen LogP contribution in [-0.2, 0) is 19.0 Å². The van der Waals surface area contributed by atoms with E-state index in [1.54, 1.807) is 0 Å². The monoisotopic (exact) mass is 335 g/mol. The van der Waals surface area contributed by atoms with Gasteiger partial charge in [-0.1, -0.05) is 42.8 Å². The van der Waals surface area contributed by atoms with Crippen molar-refractivity contribution in [2.45, 2.75) is 39.7 Å². The van der Waals surface area contributed by atoms with Crippen molar-refractivity contribution < 1.29 is 0 Å². The summed E-state index contributed by atoms with van der Waals surface area (Å²) < 4.78 is 3.02. The smallest absolute Gasteiger partial charge is 0.0727 e. The largest absolute Gasteiger partial charge is 0.381 e. The third kappa shape index (κ3) is 3.42. The van der Waals surface area contributed by atoms with Gasteiger partial charge in [0.15, 0.2) is 0 Å². The van der Waals surface area contributed by atoms with Crippen LogP contribution in [-0.4, -0.2) is 9.78 Å². The minimum Gasteiger partial charge on any atom is -0.381 e. The number of hydrogen-bond acceptors (Lipinski definition) is 2. The van der Waals surface area contributed by atoms with Crippen LogP contribution in [0, 0.1) is 6.92 Å². The van der Waals surface area contributed by atoms with Crippen molar-refractivity contribution in [2.75, 3.05) is 5.32 Å². The molecule has 3 nitrogen and oxygen atoms in total. The highest BCUT2D eigenvalue weighted by Gasteiger charge is 2.21. The lowest BCUT2D eigenvalue weighted by molar-refractivity contribution is 0.549. The first kappa shape index (κ1) is 15.1. The van der Waals surface area contributed by atoms with Gasteiger partial charge in [0.1, 0.15) is 0 Å². The maximum atomic E-state index is 4.59. The third-order valence-electron chi connectivity index (χ3n) is 3.27. The molecule has 108 valence electrons. The summed E-state index contributed by atoms with van der Waals surface area (Å²) in [5.41, 5.74) is 4.82. The maximum absolute atomic E-state index is 4.59. The highest BCUT2D eigenvalue weighted by molar-refractivity contribution is 9.10. The standard InChI is InChI=1S/C16H22BrN3/c1-11-6-7-13(8-14(11)17)18-9-12-10-20(5)19-15(12)16(2,3)4/h6-8,10,18H,9H2,1-5H3. The van der Waals surface area contributed by atoms with E-state index in [9.17, 15) is 0 Å². The van der Waals surface area contributed by atoms with E-state index in [0.29, 0.717) is 0 Å². The van der Waals surface area contributed by atoms with Gasteiger partial charge in [-0.15, -0.1) is 0 Å². The van der Waals surface area contributed by atoms with Gasteiger partial charge in [-0.25, -0.2) is 0 Å². The quantitative estimate of drug-likeness (QED) is 0.900. The first-order chi connectivity index (χ1) is 9.27. The van der Waals surface area contributed by atoms with Crippen LogP contribution in [0.2, 0.25) is 0 Å². The molecule has 0 saturated carbocycles. The van der Waals surface area contributed by atoms with Crippen molar-refractivity contribution in [1.82, 2.24) is 9.78 Å². The fraction of sp³-hybridized carbons (Fsp3) is 0.438. The fourth-order valence-corrected chi connectivity index (χ4v) is 2.58. The molecule has 1 N–H and O–H groups in total. The Morgan fingerprint density at radius 3 is 2.60 bits per heavy atom. The highest BCUT2D eigenvalue weighted by Crippen LogP contribution is 2.26. The zero-order valence-electron chi connectivity index (χ0n) is 12.8. The van der Waals surface area contributed by atoms with E-state index in [1.165, 1.54) is 11.1 Å². The van der Waals surface area contributed by atoms with Crippen LogP contribution in [0.3, 0.4) is 0 Å². The summed E-state index contributed by atoms with van der Waals surface area (Å²) in [5.74, 6) is 0. The number of nitrogens with one attached hydrogen (secondary N) is 1. The second kappa shape index (κ2) is 5.60. The van der Waals surface area contributed by atoms with Crippen molar-refractivity contribution in [1.29, 1.82) is 0 Å². The van der Waals surface area contributed by atoms with Gasteiger partial charge in [-0.3, -0.25) is 4.68 Å². The van der Waals surface area contributed by atoms with Gasteiger partial charge in [0.25, 0.3) is 0 Å². The van der Waals surface area contributed by atoms with Crippen molar-refractivity contribution in [3.63, 3.8) is 0 Å². The molecule has 0 fully saturated rings. The summed E-state index contributed by atoms with van der Waals surface area (Å²) in [6.07, 6.45) is 2.09. The number of halogens is 1. The van der Waals surface area contributed by atoms with Crippen LogP contribution >= 0.6 is 15.9 Å². The average molecular weight is 336 g/mol. The molecule has 1 aromatic heterocycles. The minimum atomic E-state index is 0.0616. The molecule has 0 aliphatic carbocycles. The van der Waals surface area contributed by atoms with E-state index in [1.807, 2.05) is 11.7 Å². The van der Waals surface area contributed by atoms with E-state index in [2.05, 4.69) is 78.4 Å². The molecular weight excluding hydrogens is 314 g/mol. The molecule has 4 heteroatoms. The molecule has 1 heterocycles. The van der Waals surface area contributed by atoms with Crippen molar-refractivity contribution >= 4 is 21.6 Å². The van der Waals surface area contributed by atoms with Crippen molar-refractivity contribution in [3.05, 3.63) is 45.7 Å². The van der Waals surface area contributed by atoms with Gasteiger partial charge < -0.3 is 5.32 Å². The topological polar surface area (TPSA) is 29.9 Å². The second-order valence-corrected chi connectivity index (χ2v) is 7.10. The second-order valence-electron chi connectivity index (χ2n) is 6.24. The van der Waals surface area contributed by atoms with E-state index in [0.717, 1.165) is 22.4 Å². The summed E-state index contributed by atoms with van der Waals surface area (Å²) in [4.78, 5) is 0. The number of anilines is 1. The Morgan fingerprint density at radius 2 is 2.00 bits per heavy atom. The number of benzene rings is 1. The summed E-state index contributed by atoms with van der Waals surface area (Å²) in [7, 11) is 1.97. The van der Waals surface area contributed by atoms with E-state index < -0.39 is 0 Å². The lowest BCUT2D eigenvalue weighted by Gasteiger charge is -2.18. The zero-order chi connectivity index (χ0) is 14.9. The van der Waals surface area contributed by atoms with Gasteiger partial charge in [0.2, 0.25) is 0 Å². The van der Waals surface area contributed by atoms with Crippen LogP contribution in [0.4, 0.5) is 5.69 Å². The predicted molar refractivity (Wildman–Crippen MR) is 88.1 cm³/mol. The van der Waals surface area contributed by atoms with Crippen LogP contribution in [0.1, 0.15) is 37.6 Å². The molecule has 0 aliphatic heterocycles. The molecule has 0 unspecified atom stereocenters. The molecular formula is C16H22BrN3. The molecule has 0 amide bonds. The van der Waals surface area contributed by atoms with Gasteiger partial charge in [-0.05, 0) is 24.6 Å². The molecule has 1 aromatic carbocycles.